The Bertz CT molecular complexity index is 1000. The normalized spacial score (nSPS) is 17.2. The topological polar surface area (TPSA) is 105 Å². The van der Waals surface area contributed by atoms with Crippen LogP contribution >= 0.6 is 0 Å². The van der Waals surface area contributed by atoms with Crippen molar-refractivity contribution in [3.63, 3.8) is 0 Å². The quantitative estimate of drug-likeness (QED) is 0.744. The van der Waals surface area contributed by atoms with Crippen molar-refractivity contribution < 1.29 is 23.5 Å². The van der Waals surface area contributed by atoms with Crippen LogP contribution in [0.4, 0.5) is 5.69 Å². The number of carbonyl (C=O) groups is 3. The van der Waals surface area contributed by atoms with Gasteiger partial charge in [0.2, 0.25) is 11.8 Å². The summed E-state index contributed by atoms with van der Waals surface area (Å²) < 4.78 is 11.2. The Morgan fingerprint density at radius 3 is 2.33 bits per heavy atom. The van der Waals surface area contributed by atoms with Gasteiger partial charge in [-0.1, -0.05) is 12.1 Å². The van der Waals surface area contributed by atoms with Gasteiger partial charge in [0, 0.05) is 44.7 Å². The number of benzene rings is 1. The fraction of sp³-hybridized carbons (Fsp3) is 0.500. The third-order valence-electron chi connectivity index (χ3n) is 6.14. The highest BCUT2D eigenvalue weighted by Crippen LogP contribution is 2.29. The van der Waals surface area contributed by atoms with Crippen LogP contribution in [-0.2, 0) is 20.7 Å². The lowest BCUT2D eigenvalue weighted by atomic mass is 9.96. The maximum atomic E-state index is 12.8. The van der Waals surface area contributed by atoms with Gasteiger partial charge in [0.25, 0.3) is 5.91 Å². The molecule has 0 saturated carbocycles. The van der Waals surface area contributed by atoms with E-state index >= 15 is 0 Å². The summed E-state index contributed by atoms with van der Waals surface area (Å²) in [5, 5.41) is 2.72. The highest BCUT2D eigenvalue weighted by atomic mass is 16.5. The number of ether oxygens (including phenoxy) is 1. The smallest absolute Gasteiger partial charge is 0.276 e. The summed E-state index contributed by atoms with van der Waals surface area (Å²) >= 11 is 0. The molecule has 1 aromatic carbocycles. The summed E-state index contributed by atoms with van der Waals surface area (Å²) in [6.45, 7) is 6.71. The number of morpholine rings is 1. The minimum atomic E-state index is -0.125. The van der Waals surface area contributed by atoms with Crippen LogP contribution in [0.2, 0.25) is 0 Å². The van der Waals surface area contributed by atoms with E-state index in [1.165, 1.54) is 6.92 Å². The molecule has 0 bridgehead atoms. The molecule has 1 N–H and O–H groups in total. The van der Waals surface area contributed by atoms with E-state index in [9.17, 15) is 14.4 Å². The van der Waals surface area contributed by atoms with Gasteiger partial charge in [0.05, 0.1) is 19.6 Å². The number of aryl methyl sites for hydroxylation is 1. The maximum absolute atomic E-state index is 12.8. The Balaban J connectivity index is 1.31. The number of carbonyl (C=O) groups excluding carboxylic acids is 3. The Morgan fingerprint density at radius 1 is 1.03 bits per heavy atom. The van der Waals surface area contributed by atoms with E-state index in [1.54, 1.807) is 24.0 Å². The van der Waals surface area contributed by atoms with Crippen molar-refractivity contribution in [2.45, 2.75) is 39.0 Å². The van der Waals surface area contributed by atoms with Crippen molar-refractivity contribution in [1.82, 2.24) is 14.8 Å². The van der Waals surface area contributed by atoms with Crippen molar-refractivity contribution in [1.29, 1.82) is 0 Å². The van der Waals surface area contributed by atoms with E-state index in [-0.39, 0.29) is 23.6 Å². The number of anilines is 1. The molecule has 2 aliphatic rings. The van der Waals surface area contributed by atoms with E-state index in [4.69, 9.17) is 9.15 Å². The van der Waals surface area contributed by atoms with Gasteiger partial charge in [-0.15, -0.1) is 0 Å². The first-order valence-corrected chi connectivity index (χ1v) is 11.4. The van der Waals surface area contributed by atoms with Crippen LogP contribution in [0.25, 0.3) is 0 Å². The molecule has 176 valence electrons. The maximum Gasteiger partial charge on any atom is 0.276 e. The van der Waals surface area contributed by atoms with Gasteiger partial charge in [-0.2, -0.15) is 0 Å². The molecule has 0 spiro atoms. The van der Waals surface area contributed by atoms with E-state index in [0.29, 0.717) is 68.8 Å². The minimum absolute atomic E-state index is 0.0764. The van der Waals surface area contributed by atoms with Crippen LogP contribution < -0.4 is 5.32 Å². The van der Waals surface area contributed by atoms with Gasteiger partial charge >= 0.3 is 0 Å². The fourth-order valence-corrected chi connectivity index (χ4v) is 4.28. The number of nitrogens with one attached hydrogen (secondary N) is 1. The average Bonchev–Trinajstić information content (AvgIpc) is 3.21. The average molecular weight is 455 g/mol. The summed E-state index contributed by atoms with van der Waals surface area (Å²) in [5.41, 5.74) is 2.01. The summed E-state index contributed by atoms with van der Waals surface area (Å²) in [6, 6.07) is 7.32. The summed E-state index contributed by atoms with van der Waals surface area (Å²) in [4.78, 5) is 44.8. The molecule has 2 aromatic rings. The largest absolute Gasteiger partial charge is 0.445 e. The molecule has 4 rings (SSSR count). The van der Waals surface area contributed by atoms with Gasteiger partial charge in [-0.25, -0.2) is 4.98 Å². The van der Waals surface area contributed by atoms with Crippen molar-refractivity contribution in [3.05, 3.63) is 47.2 Å². The van der Waals surface area contributed by atoms with E-state index in [1.807, 2.05) is 17.0 Å². The van der Waals surface area contributed by atoms with Gasteiger partial charge in [0.15, 0.2) is 11.6 Å². The molecule has 9 nitrogen and oxygen atoms in total. The molecular formula is C24H30N4O5. The third-order valence-corrected chi connectivity index (χ3v) is 6.14. The zero-order valence-corrected chi connectivity index (χ0v) is 19.1. The van der Waals surface area contributed by atoms with Gasteiger partial charge in [0.1, 0.15) is 5.76 Å². The van der Waals surface area contributed by atoms with Crippen molar-refractivity contribution in [2.24, 2.45) is 0 Å². The summed E-state index contributed by atoms with van der Waals surface area (Å²) in [7, 11) is 0. The second-order valence-corrected chi connectivity index (χ2v) is 8.57. The first-order chi connectivity index (χ1) is 15.9. The summed E-state index contributed by atoms with van der Waals surface area (Å²) in [5.74, 6) is 1.07. The number of aromatic nitrogens is 1. The molecule has 3 amide bonds. The monoisotopic (exact) mass is 454 g/mol. The number of piperidine rings is 1. The second-order valence-electron chi connectivity index (χ2n) is 8.57. The first kappa shape index (κ1) is 23.0. The number of hydrogen-bond acceptors (Lipinski definition) is 6. The SMILES string of the molecule is CC(=O)Nc1ccc(CC(=O)N2CCC(c3nc(C(=O)N4CCOCC4)c(C)o3)CC2)cc1. The molecule has 0 radical (unpaired) electrons. The second kappa shape index (κ2) is 10.2. The van der Waals surface area contributed by atoms with Crippen LogP contribution in [0.15, 0.2) is 28.7 Å². The predicted molar refractivity (Wildman–Crippen MR) is 121 cm³/mol. The van der Waals surface area contributed by atoms with E-state index < -0.39 is 0 Å². The molecule has 1 aromatic heterocycles. The molecule has 9 heteroatoms. The summed E-state index contributed by atoms with van der Waals surface area (Å²) in [6.07, 6.45) is 1.82. The Morgan fingerprint density at radius 2 is 1.70 bits per heavy atom. The Labute approximate surface area is 193 Å². The van der Waals surface area contributed by atoms with Crippen LogP contribution in [0.3, 0.4) is 0 Å². The zero-order chi connectivity index (χ0) is 23.4. The fourth-order valence-electron chi connectivity index (χ4n) is 4.28. The third kappa shape index (κ3) is 5.60. The standard InChI is InChI=1S/C24H30N4O5/c1-16-22(24(31)28-11-13-32-14-12-28)26-23(33-16)19-7-9-27(10-8-19)21(30)15-18-3-5-20(6-4-18)25-17(2)29/h3-6,19H,7-15H2,1-2H3,(H,25,29). The van der Waals surface area contributed by atoms with Crippen molar-refractivity contribution in [2.75, 3.05) is 44.7 Å². The van der Waals surface area contributed by atoms with Gasteiger partial charge in [-0.3, -0.25) is 14.4 Å². The van der Waals surface area contributed by atoms with Crippen LogP contribution in [0.5, 0.6) is 0 Å². The number of oxazole rings is 1. The first-order valence-electron chi connectivity index (χ1n) is 11.4. The molecule has 2 aliphatic heterocycles. The van der Waals surface area contributed by atoms with Crippen molar-refractivity contribution in [3.8, 4) is 0 Å². The number of nitrogens with zero attached hydrogens (tertiary/aromatic N) is 3. The predicted octanol–water partition coefficient (Wildman–Crippen LogP) is 2.36. The lowest BCUT2D eigenvalue weighted by Gasteiger charge is -2.30. The van der Waals surface area contributed by atoms with E-state index in [2.05, 4.69) is 10.3 Å². The molecule has 0 atom stereocenters. The van der Waals surface area contributed by atoms with Crippen LogP contribution in [-0.4, -0.2) is 71.9 Å². The lowest BCUT2D eigenvalue weighted by Crippen LogP contribution is -2.41. The van der Waals surface area contributed by atoms with Gasteiger partial charge in [-0.05, 0) is 37.5 Å². The molecular weight excluding hydrogens is 424 g/mol. The molecule has 0 aliphatic carbocycles. The molecule has 3 heterocycles. The number of likely N-dealkylation sites (tertiary alicyclic amines) is 1. The number of amides is 3. The zero-order valence-electron chi connectivity index (χ0n) is 19.1. The molecule has 33 heavy (non-hydrogen) atoms. The Kier molecular flexibility index (Phi) is 7.08. The molecule has 2 saturated heterocycles. The van der Waals surface area contributed by atoms with E-state index in [0.717, 1.165) is 18.4 Å². The van der Waals surface area contributed by atoms with Crippen LogP contribution in [0, 0.1) is 6.92 Å². The number of rotatable bonds is 5. The highest BCUT2D eigenvalue weighted by Gasteiger charge is 2.30. The Hall–Kier alpha value is -3.20. The number of hydrogen-bond donors (Lipinski definition) is 1. The minimum Gasteiger partial charge on any atom is -0.445 e. The van der Waals surface area contributed by atoms with Gasteiger partial charge < -0.3 is 24.3 Å². The highest BCUT2D eigenvalue weighted by molar-refractivity contribution is 5.93. The lowest BCUT2D eigenvalue weighted by molar-refractivity contribution is -0.131. The molecule has 2 fully saturated rings. The van der Waals surface area contributed by atoms with Crippen LogP contribution in [0.1, 0.15) is 53.4 Å². The molecule has 0 unspecified atom stereocenters. The van der Waals surface area contributed by atoms with Crippen molar-refractivity contribution >= 4 is 23.4 Å².